The van der Waals surface area contributed by atoms with Gasteiger partial charge < -0.3 is 15.1 Å². The SMILES string of the molecule is [Al+3].[Cu+].[O-]B([O-])[O-].[Zn+2]. The van der Waals surface area contributed by atoms with Crippen molar-refractivity contribution in [3.63, 3.8) is 0 Å². The topological polar surface area (TPSA) is 69.2 Å². The molecule has 0 aliphatic carbocycles. The summed E-state index contributed by atoms with van der Waals surface area (Å²) in [7, 11) is -2.92. The number of hydrogen-bond donors (Lipinski definition) is 0. The van der Waals surface area contributed by atoms with Crippen molar-refractivity contribution in [2.75, 3.05) is 0 Å². The van der Waals surface area contributed by atoms with E-state index in [4.69, 9.17) is 15.1 Å². The molecule has 0 saturated heterocycles. The van der Waals surface area contributed by atoms with E-state index in [1.807, 2.05) is 0 Å². The average Bonchev–Trinajstić information content (AvgIpc) is 0.811. The first-order chi connectivity index (χ1) is 1.73. The van der Waals surface area contributed by atoms with Crippen LogP contribution in [0.15, 0.2) is 0 Å². The summed E-state index contributed by atoms with van der Waals surface area (Å²) in [5.41, 5.74) is 0. The standard InChI is InChI=1S/Al.BO3.Cu.Zn/c;2-1(3)4;;/q+3;-3;+1;+2. The molecule has 0 aromatic carbocycles. The summed E-state index contributed by atoms with van der Waals surface area (Å²) in [4.78, 5) is 0. The Hall–Kier alpha value is 1.62. The van der Waals surface area contributed by atoms with Gasteiger partial charge in [-0.05, 0) is 0 Å². The van der Waals surface area contributed by atoms with E-state index in [1.165, 1.54) is 0 Å². The van der Waals surface area contributed by atoms with Gasteiger partial charge in [0, 0.05) is 0 Å². The van der Waals surface area contributed by atoms with Gasteiger partial charge in [-0.3, -0.25) is 7.32 Å². The Morgan fingerprint density at radius 3 is 1.00 bits per heavy atom. The van der Waals surface area contributed by atoms with E-state index in [2.05, 4.69) is 0 Å². The predicted molar refractivity (Wildman–Crippen MR) is 11.5 cm³/mol. The first-order valence-electron chi connectivity index (χ1n) is 0.707. The first kappa shape index (κ1) is 23.4. The van der Waals surface area contributed by atoms with E-state index >= 15 is 0 Å². The van der Waals surface area contributed by atoms with Crippen LogP contribution in [0.2, 0.25) is 0 Å². The molecular weight excluding hydrogens is 215 g/mol. The van der Waals surface area contributed by atoms with E-state index in [0.29, 0.717) is 0 Å². The molecule has 0 bridgehead atoms. The van der Waals surface area contributed by atoms with Crippen LogP contribution < -0.4 is 15.1 Å². The first-order valence-corrected chi connectivity index (χ1v) is 0.707. The van der Waals surface area contributed by atoms with Gasteiger partial charge in [-0.1, -0.05) is 0 Å². The predicted octanol–water partition coefficient (Wildman–Crippen LogP) is -4.33. The second-order valence-electron chi connectivity index (χ2n) is 0.289. The van der Waals surface area contributed by atoms with Gasteiger partial charge in [-0.2, -0.15) is 0 Å². The molecule has 3 nitrogen and oxygen atoms in total. The Balaban J connectivity index is -0.0000000150. The molecule has 0 amide bonds. The zero-order chi connectivity index (χ0) is 3.58. The second kappa shape index (κ2) is 15.6. The summed E-state index contributed by atoms with van der Waals surface area (Å²) in [5.74, 6) is 0. The minimum atomic E-state index is -2.92. The smallest absolute Gasteiger partial charge is 0.907 e. The maximum Gasteiger partial charge on any atom is 3.00 e. The van der Waals surface area contributed by atoms with Crippen LogP contribution in [0.4, 0.5) is 0 Å². The minimum absolute atomic E-state index is 0. The molecule has 0 heterocycles. The van der Waals surface area contributed by atoms with Gasteiger partial charge in [0.1, 0.15) is 0 Å². The van der Waals surface area contributed by atoms with Crippen molar-refractivity contribution >= 4 is 24.7 Å². The van der Waals surface area contributed by atoms with Crippen LogP contribution in [-0.4, -0.2) is 24.7 Å². The van der Waals surface area contributed by atoms with Gasteiger partial charge in [0.05, 0.1) is 0 Å². The number of rotatable bonds is 0. The van der Waals surface area contributed by atoms with Crippen molar-refractivity contribution < 1.29 is 51.6 Å². The van der Waals surface area contributed by atoms with Crippen LogP contribution in [0.1, 0.15) is 0 Å². The quantitative estimate of drug-likeness (QED) is 0.383. The molecule has 0 unspecified atom stereocenters. The second-order valence-corrected chi connectivity index (χ2v) is 0.289. The van der Waals surface area contributed by atoms with Gasteiger partial charge in [-0.25, -0.2) is 0 Å². The van der Waals surface area contributed by atoms with Gasteiger partial charge in [0.25, 0.3) is 0 Å². The molecule has 0 N–H and O–H groups in total. The van der Waals surface area contributed by atoms with Crippen molar-refractivity contribution in [1.82, 2.24) is 0 Å². The molecule has 0 aromatic heterocycles. The van der Waals surface area contributed by atoms with Gasteiger partial charge in [0.15, 0.2) is 0 Å². The molecule has 0 rings (SSSR count). The zero-order valence-corrected chi connectivity index (χ0v) is 8.45. The molecule has 0 saturated carbocycles. The molecule has 0 aliphatic heterocycles. The van der Waals surface area contributed by atoms with Crippen LogP contribution in [0.3, 0.4) is 0 Å². The molecule has 7 heavy (non-hydrogen) atoms. The monoisotopic (exact) mass is 213 g/mol. The molecular formula is AlBCuO3Zn+3. The van der Waals surface area contributed by atoms with Crippen molar-refractivity contribution in [3.05, 3.63) is 0 Å². The Labute approximate surface area is 76.0 Å². The molecule has 0 aliphatic rings. The normalized spacial score (nSPS) is 3.86. The largest absolute Gasteiger partial charge is 3.00 e. The van der Waals surface area contributed by atoms with E-state index in [0.717, 1.165) is 0 Å². The summed E-state index contributed by atoms with van der Waals surface area (Å²) < 4.78 is 0. The van der Waals surface area contributed by atoms with Gasteiger partial charge in [-0.15, -0.1) is 0 Å². The zero-order valence-electron chi connectivity index (χ0n) is 3.39. The van der Waals surface area contributed by atoms with Crippen LogP contribution in [0, 0.1) is 0 Å². The number of hydrogen-bond acceptors (Lipinski definition) is 3. The third-order valence-corrected chi connectivity index (χ3v) is 0. The molecule has 0 atom stereocenters. The maximum absolute atomic E-state index is 8.42. The van der Waals surface area contributed by atoms with E-state index in [1.54, 1.807) is 0 Å². The fraction of sp³-hybridized carbons (Fsp3) is 0. The minimum Gasteiger partial charge on any atom is -0.907 e. The summed E-state index contributed by atoms with van der Waals surface area (Å²) in [6.07, 6.45) is 0. The van der Waals surface area contributed by atoms with Crippen LogP contribution in [0.25, 0.3) is 0 Å². The Kier molecular flexibility index (Phi) is 52.4. The summed E-state index contributed by atoms with van der Waals surface area (Å²) in [6, 6.07) is 0. The fourth-order valence-corrected chi connectivity index (χ4v) is 0. The summed E-state index contributed by atoms with van der Waals surface area (Å²) >= 11 is 0. The fourth-order valence-electron chi connectivity index (χ4n) is 0. The van der Waals surface area contributed by atoms with Gasteiger partial charge >= 0.3 is 53.9 Å². The van der Waals surface area contributed by atoms with Crippen LogP contribution in [0.5, 0.6) is 0 Å². The molecule has 0 spiro atoms. The van der Waals surface area contributed by atoms with Crippen molar-refractivity contribution in [3.8, 4) is 0 Å². The van der Waals surface area contributed by atoms with Crippen LogP contribution >= 0.6 is 0 Å². The third-order valence-electron chi connectivity index (χ3n) is 0. The maximum atomic E-state index is 8.42. The summed E-state index contributed by atoms with van der Waals surface area (Å²) in [5, 5.41) is 25.2. The van der Waals surface area contributed by atoms with Crippen molar-refractivity contribution in [2.45, 2.75) is 0 Å². The summed E-state index contributed by atoms with van der Waals surface area (Å²) in [6.45, 7) is 0. The Morgan fingerprint density at radius 1 is 1.00 bits per heavy atom. The van der Waals surface area contributed by atoms with Gasteiger partial charge in [0.2, 0.25) is 0 Å². The van der Waals surface area contributed by atoms with Crippen LogP contribution in [-0.2, 0) is 36.5 Å². The Bertz CT molecular complexity index is 19.7. The molecule has 7 heteroatoms. The van der Waals surface area contributed by atoms with E-state index in [-0.39, 0.29) is 53.9 Å². The Morgan fingerprint density at radius 2 is 1.00 bits per heavy atom. The van der Waals surface area contributed by atoms with Crippen molar-refractivity contribution in [2.24, 2.45) is 0 Å². The van der Waals surface area contributed by atoms with Crippen molar-refractivity contribution in [1.29, 1.82) is 0 Å². The molecule has 0 radical (unpaired) electrons. The van der Waals surface area contributed by atoms with E-state index < -0.39 is 7.32 Å². The average molecular weight is 215 g/mol. The molecule has 34 valence electrons. The molecule has 0 fully saturated rings. The molecule has 0 aromatic rings. The third kappa shape index (κ3) is 91.7. The van der Waals surface area contributed by atoms with E-state index in [9.17, 15) is 0 Å².